The van der Waals surface area contributed by atoms with E-state index in [-0.39, 0.29) is 6.61 Å². The Morgan fingerprint density at radius 3 is 2.83 bits per heavy atom. The molecule has 0 fully saturated rings. The van der Waals surface area contributed by atoms with Crippen LogP contribution in [0.1, 0.15) is 15.3 Å². The molecule has 3 rings (SSSR count). The molecule has 0 atom stereocenters. The Morgan fingerprint density at radius 2 is 2.00 bits per heavy atom. The monoisotopic (exact) mass is 272 g/mol. The first kappa shape index (κ1) is 11.7. The molecule has 2 heterocycles. The summed E-state index contributed by atoms with van der Waals surface area (Å²) in [6, 6.07) is 12.6. The highest BCUT2D eigenvalue weighted by Gasteiger charge is 2.00. The van der Waals surface area contributed by atoms with Crippen molar-refractivity contribution in [3.05, 3.63) is 57.1 Å². The minimum absolute atomic E-state index is 0.107. The van der Waals surface area contributed by atoms with E-state index >= 15 is 0 Å². The third kappa shape index (κ3) is 2.25. The fraction of sp³-hybridized carbons (Fsp3) is 0.0667. The highest BCUT2D eigenvalue weighted by molar-refractivity contribution is 7.20. The fourth-order valence-electron chi connectivity index (χ4n) is 1.87. The zero-order valence-electron chi connectivity index (χ0n) is 9.67. The molecule has 90 valence electrons. The lowest BCUT2D eigenvalue weighted by Crippen LogP contribution is -1.79. The molecule has 0 bridgehead atoms. The second-order valence-corrected chi connectivity index (χ2v) is 6.05. The number of aliphatic hydroxyl groups excluding tert-OH is 1. The average molecular weight is 272 g/mol. The van der Waals surface area contributed by atoms with Gasteiger partial charge in [-0.3, -0.25) is 0 Å². The minimum atomic E-state index is 0.107. The summed E-state index contributed by atoms with van der Waals surface area (Å²) in [4.78, 5) is 2.38. The lowest BCUT2D eigenvalue weighted by Gasteiger charge is -1.92. The maximum absolute atomic E-state index is 9.19. The number of hydrogen-bond acceptors (Lipinski definition) is 3. The molecule has 0 aliphatic heterocycles. The number of aliphatic hydroxyl groups is 1. The largest absolute Gasteiger partial charge is 0.392 e. The van der Waals surface area contributed by atoms with Gasteiger partial charge in [-0.2, -0.15) is 0 Å². The fourth-order valence-corrected chi connectivity index (χ4v) is 3.64. The summed E-state index contributed by atoms with van der Waals surface area (Å²) in [6.07, 6.45) is 4.20. The van der Waals surface area contributed by atoms with Crippen LogP contribution in [0.15, 0.2) is 41.8 Å². The molecular formula is C15H12OS2. The summed E-state index contributed by atoms with van der Waals surface area (Å²) in [7, 11) is 0. The maximum atomic E-state index is 9.19. The molecule has 0 saturated heterocycles. The van der Waals surface area contributed by atoms with Crippen molar-refractivity contribution in [3.8, 4) is 0 Å². The van der Waals surface area contributed by atoms with Crippen LogP contribution in [0.3, 0.4) is 0 Å². The number of hydrogen-bond donors (Lipinski definition) is 1. The number of benzene rings is 1. The predicted octanol–water partition coefficient (Wildman–Crippen LogP) is 4.63. The van der Waals surface area contributed by atoms with Crippen molar-refractivity contribution >= 4 is 44.9 Å². The van der Waals surface area contributed by atoms with Crippen LogP contribution >= 0.6 is 22.7 Å². The van der Waals surface area contributed by atoms with Crippen LogP contribution in [0.4, 0.5) is 0 Å². The zero-order chi connectivity index (χ0) is 12.4. The van der Waals surface area contributed by atoms with E-state index in [1.165, 1.54) is 15.0 Å². The lowest BCUT2D eigenvalue weighted by molar-refractivity contribution is 0.282. The second kappa shape index (κ2) is 5.06. The molecule has 1 aromatic carbocycles. The van der Waals surface area contributed by atoms with Gasteiger partial charge < -0.3 is 5.11 Å². The van der Waals surface area contributed by atoms with Crippen LogP contribution in [-0.4, -0.2) is 5.11 Å². The van der Waals surface area contributed by atoms with Gasteiger partial charge in [0, 0.05) is 14.5 Å². The van der Waals surface area contributed by atoms with Crippen molar-refractivity contribution in [3.63, 3.8) is 0 Å². The standard InChI is InChI=1S/C15H12OS2/c16-10-12-7-8-17-14(12)6-5-13-9-11-3-1-2-4-15(11)18-13/h1-9,16H,10H2. The Labute approximate surface area is 114 Å². The molecule has 2 aromatic heterocycles. The lowest BCUT2D eigenvalue weighted by atomic mass is 10.2. The second-order valence-electron chi connectivity index (χ2n) is 3.99. The summed E-state index contributed by atoms with van der Waals surface area (Å²) < 4.78 is 1.31. The van der Waals surface area contributed by atoms with Crippen LogP contribution < -0.4 is 0 Å². The topological polar surface area (TPSA) is 20.2 Å². The predicted molar refractivity (Wildman–Crippen MR) is 81.0 cm³/mol. The first-order valence-corrected chi connectivity index (χ1v) is 7.40. The van der Waals surface area contributed by atoms with Crippen LogP contribution in [0.2, 0.25) is 0 Å². The Kier molecular flexibility index (Phi) is 3.28. The van der Waals surface area contributed by atoms with E-state index in [0.717, 1.165) is 10.4 Å². The van der Waals surface area contributed by atoms with E-state index in [4.69, 9.17) is 0 Å². The van der Waals surface area contributed by atoms with Crippen LogP contribution in [0.25, 0.3) is 22.2 Å². The quantitative estimate of drug-likeness (QED) is 0.737. The van der Waals surface area contributed by atoms with Crippen molar-refractivity contribution in [2.75, 3.05) is 0 Å². The minimum Gasteiger partial charge on any atom is -0.392 e. The number of rotatable bonds is 3. The van der Waals surface area contributed by atoms with Crippen LogP contribution in [-0.2, 0) is 6.61 Å². The molecular weight excluding hydrogens is 260 g/mol. The number of thiophene rings is 2. The van der Waals surface area contributed by atoms with Gasteiger partial charge in [0.25, 0.3) is 0 Å². The van der Waals surface area contributed by atoms with Gasteiger partial charge in [0.05, 0.1) is 6.61 Å². The summed E-state index contributed by atoms with van der Waals surface area (Å²) >= 11 is 3.45. The summed E-state index contributed by atoms with van der Waals surface area (Å²) in [5, 5.41) is 12.5. The van der Waals surface area contributed by atoms with E-state index < -0.39 is 0 Å². The molecule has 0 unspecified atom stereocenters. The molecule has 0 spiro atoms. The summed E-state index contributed by atoms with van der Waals surface area (Å²) in [5.74, 6) is 0. The summed E-state index contributed by atoms with van der Waals surface area (Å²) in [6.45, 7) is 0.107. The third-order valence-corrected chi connectivity index (χ3v) is 4.80. The third-order valence-electron chi connectivity index (χ3n) is 2.79. The molecule has 1 N–H and O–H groups in total. The van der Waals surface area contributed by atoms with Crippen LogP contribution in [0.5, 0.6) is 0 Å². The maximum Gasteiger partial charge on any atom is 0.0695 e. The molecule has 1 nitrogen and oxygen atoms in total. The van der Waals surface area contributed by atoms with Gasteiger partial charge >= 0.3 is 0 Å². The van der Waals surface area contributed by atoms with Gasteiger partial charge in [-0.1, -0.05) is 18.2 Å². The van der Waals surface area contributed by atoms with Gasteiger partial charge in [0.1, 0.15) is 0 Å². The Bertz CT molecular complexity index is 658. The van der Waals surface area contributed by atoms with Crippen molar-refractivity contribution in [1.82, 2.24) is 0 Å². The van der Waals surface area contributed by atoms with Crippen molar-refractivity contribution in [2.24, 2.45) is 0 Å². The zero-order valence-corrected chi connectivity index (χ0v) is 11.3. The van der Waals surface area contributed by atoms with Crippen molar-refractivity contribution in [1.29, 1.82) is 0 Å². The van der Waals surface area contributed by atoms with E-state index in [2.05, 4.69) is 42.5 Å². The van der Waals surface area contributed by atoms with Gasteiger partial charge in [0.2, 0.25) is 0 Å². The highest BCUT2D eigenvalue weighted by atomic mass is 32.1. The van der Waals surface area contributed by atoms with Crippen molar-refractivity contribution in [2.45, 2.75) is 6.61 Å². The summed E-state index contributed by atoms with van der Waals surface area (Å²) in [5.41, 5.74) is 0.998. The van der Waals surface area contributed by atoms with E-state index in [1.807, 2.05) is 11.4 Å². The van der Waals surface area contributed by atoms with Gasteiger partial charge in [-0.25, -0.2) is 0 Å². The molecule has 3 heteroatoms. The van der Waals surface area contributed by atoms with E-state index in [0.29, 0.717) is 0 Å². The molecule has 0 radical (unpaired) electrons. The van der Waals surface area contributed by atoms with Crippen LogP contribution in [0, 0.1) is 0 Å². The first-order chi connectivity index (χ1) is 8.86. The molecule has 0 amide bonds. The smallest absolute Gasteiger partial charge is 0.0695 e. The van der Waals surface area contributed by atoms with Gasteiger partial charge in [-0.15, -0.1) is 22.7 Å². The number of fused-ring (bicyclic) bond motifs is 1. The SMILES string of the molecule is OCc1ccsc1C=Cc1cc2ccccc2s1. The molecule has 0 aliphatic carbocycles. The van der Waals surface area contributed by atoms with E-state index in [1.54, 1.807) is 22.7 Å². The molecule has 3 aromatic rings. The molecule has 18 heavy (non-hydrogen) atoms. The molecule has 0 aliphatic rings. The van der Waals surface area contributed by atoms with Crippen molar-refractivity contribution < 1.29 is 5.11 Å². The average Bonchev–Trinajstić information content (AvgIpc) is 3.01. The molecule has 0 saturated carbocycles. The highest BCUT2D eigenvalue weighted by Crippen LogP contribution is 2.27. The van der Waals surface area contributed by atoms with E-state index in [9.17, 15) is 5.11 Å². The first-order valence-electron chi connectivity index (χ1n) is 5.71. The van der Waals surface area contributed by atoms with Gasteiger partial charge in [-0.05, 0) is 46.7 Å². The normalized spacial score (nSPS) is 11.6. The Hall–Kier alpha value is -1.42. The Balaban J connectivity index is 1.92. The van der Waals surface area contributed by atoms with Gasteiger partial charge in [0.15, 0.2) is 0 Å². The Morgan fingerprint density at radius 1 is 1.11 bits per heavy atom.